The number of benzene rings is 1. The highest BCUT2D eigenvalue weighted by Crippen LogP contribution is 2.22. The molecule has 0 spiro atoms. The lowest BCUT2D eigenvalue weighted by molar-refractivity contribution is -0.136. The van der Waals surface area contributed by atoms with Crippen LogP contribution >= 0.6 is 0 Å². The van der Waals surface area contributed by atoms with E-state index in [0.717, 1.165) is 57.5 Å². The lowest BCUT2D eigenvalue weighted by atomic mass is 10.0. The maximum absolute atomic E-state index is 12.9. The number of rotatable bonds is 3. The molecular weight excluding hydrogens is 267 g/mol. The highest BCUT2D eigenvalue weighted by molar-refractivity contribution is 5.79. The van der Waals surface area contributed by atoms with Crippen molar-refractivity contribution in [3.05, 3.63) is 35.6 Å². The molecule has 1 unspecified atom stereocenters. The second kappa shape index (κ2) is 6.56. The van der Waals surface area contributed by atoms with Gasteiger partial charge in [0.2, 0.25) is 5.91 Å². The van der Waals surface area contributed by atoms with Gasteiger partial charge in [0.15, 0.2) is 0 Å². The van der Waals surface area contributed by atoms with Crippen LogP contribution in [0.1, 0.15) is 31.2 Å². The predicted octanol–water partition coefficient (Wildman–Crippen LogP) is 2.66. The minimum absolute atomic E-state index is 0.156. The van der Waals surface area contributed by atoms with Crippen LogP contribution in [0, 0.1) is 11.7 Å². The summed E-state index contributed by atoms with van der Waals surface area (Å²) >= 11 is 0. The fourth-order valence-electron chi connectivity index (χ4n) is 3.40. The number of carbonyl (C=O) groups is 1. The zero-order valence-electron chi connectivity index (χ0n) is 12.4. The van der Waals surface area contributed by atoms with Crippen molar-refractivity contribution in [3.8, 4) is 0 Å². The molecule has 21 heavy (non-hydrogen) atoms. The Morgan fingerprint density at radius 1 is 1.10 bits per heavy atom. The van der Waals surface area contributed by atoms with Crippen LogP contribution in [0.25, 0.3) is 0 Å². The molecule has 1 aromatic carbocycles. The topological polar surface area (TPSA) is 23.6 Å². The number of hydrogen-bond donors (Lipinski definition) is 0. The molecule has 1 aromatic rings. The molecule has 0 saturated carbocycles. The molecule has 114 valence electrons. The van der Waals surface area contributed by atoms with Gasteiger partial charge in [0.25, 0.3) is 0 Å². The Hall–Kier alpha value is -1.42. The van der Waals surface area contributed by atoms with E-state index in [4.69, 9.17) is 0 Å². The molecule has 0 aromatic heterocycles. The SMILES string of the molecule is O=C(C1CCN(Cc2ccc(F)cc2)C1)N1CCCCC1. The summed E-state index contributed by atoms with van der Waals surface area (Å²) in [5.41, 5.74) is 1.11. The Labute approximate surface area is 125 Å². The zero-order chi connectivity index (χ0) is 14.7. The Morgan fingerprint density at radius 3 is 2.52 bits per heavy atom. The van der Waals surface area contributed by atoms with E-state index in [1.807, 2.05) is 12.1 Å². The molecule has 0 bridgehead atoms. The first-order chi connectivity index (χ1) is 10.2. The Morgan fingerprint density at radius 2 is 1.81 bits per heavy atom. The largest absolute Gasteiger partial charge is 0.342 e. The van der Waals surface area contributed by atoms with Gasteiger partial charge in [-0.15, -0.1) is 0 Å². The van der Waals surface area contributed by atoms with E-state index in [0.29, 0.717) is 5.91 Å². The van der Waals surface area contributed by atoms with Crippen molar-refractivity contribution in [2.45, 2.75) is 32.2 Å². The van der Waals surface area contributed by atoms with Crippen molar-refractivity contribution >= 4 is 5.91 Å². The summed E-state index contributed by atoms with van der Waals surface area (Å²) < 4.78 is 12.9. The van der Waals surface area contributed by atoms with Crippen LogP contribution in [0.2, 0.25) is 0 Å². The Bertz CT molecular complexity index is 482. The van der Waals surface area contributed by atoms with Gasteiger partial charge in [0.1, 0.15) is 5.82 Å². The minimum atomic E-state index is -0.196. The number of carbonyl (C=O) groups excluding carboxylic acids is 1. The zero-order valence-corrected chi connectivity index (χ0v) is 12.4. The number of piperidine rings is 1. The van der Waals surface area contributed by atoms with Crippen molar-refractivity contribution in [1.29, 1.82) is 0 Å². The average molecular weight is 290 g/mol. The third kappa shape index (κ3) is 3.62. The summed E-state index contributed by atoms with van der Waals surface area (Å²) in [6.07, 6.45) is 4.51. The lowest BCUT2D eigenvalue weighted by Crippen LogP contribution is -2.40. The van der Waals surface area contributed by atoms with E-state index in [-0.39, 0.29) is 11.7 Å². The molecule has 2 aliphatic rings. The van der Waals surface area contributed by atoms with Gasteiger partial charge >= 0.3 is 0 Å². The van der Waals surface area contributed by atoms with Gasteiger partial charge in [-0.25, -0.2) is 4.39 Å². The summed E-state index contributed by atoms with van der Waals surface area (Å²) in [7, 11) is 0. The first kappa shape index (κ1) is 14.5. The van der Waals surface area contributed by atoms with E-state index in [1.165, 1.54) is 18.6 Å². The molecule has 1 amide bonds. The highest BCUT2D eigenvalue weighted by atomic mass is 19.1. The lowest BCUT2D eigenvalue weighted by Gasteiger charge is -2.29. The Kier molecular flexibility index (Phi) is 4.54. The molecule has 0 aliphatic carbocycles. The predicted molar refractivity (Wildman–Crippen MR) is 80.2 cm³/mol. The average Bonchev–Trinajstić information content (AvgIpc) is 2.98. The van der Waals surface area contributed by atoms with Gasteiger partial charge in [-0.05, 0) is 49.9 Å². The third-order valence-electron chi connectivity index (χ3n) is 4.61. The molecule has 4 heteroatoms. The summed E-state index contributed by atoms with van der Waals surface area (Å²) in [4.78, 5) is 16.8. The van der Waals surface area contributed by atoms with Crippen LogP contribution < -0.4 is 0 Å². The van der Waals surface area contributed by atoms with Crippen molar-refractivity contribution < 1.29 is 9.18 Å². The van der Waals surface area contributed by atoms with Crippen LogP contribution in [0.3, 0.4) is 0 Å². The molecule has 2 heterocycles. The van der Waals surface area contributed by atoms with Gasteiger partial charge in [0.05, 0.1) is 5.92 Å². The summed E-state index contributed by atoms with van der Waals surface area (Å²) in [6, 6.07) is 6.66. The summed E-state index contributed by atoms with van der Waals surface area (Å²) in [5.74, 6) is 0.304. The van der Waals surface area contributed by atoms with Crippen LogP contribution in [0.15, 0.2) is 24.3 Å². The first-order valence-electron chi connectivity index (χ1n) is 7.98. The van der Waals surface area contributed by atoms with E-state index in [9.17, 15) is 9.18 Å². The van der Waals surface area contributed by atoms with Crippen molar-refractivity contribution in [2.75, 3.05) is 26.2 Å². The molecule has 3 nitrogen and oxygen atoms in total. The molecule has 0 N–H and O–H groups in total. The van der Waals surface area contributed by atoms with Crippen molar-refractivity contribution in [2.24, 2.45) is 5.92 Å². The van der Waals surface area contributed by atoms with Gasteiger partial charge in [-0.3, -0.25) is 9.69 Å². The van der Waals surface area contributed by atoms with Gasteiger partial charge in [0, 0.05) is 26.2 Å². The fraction of sp³-hybridized carbons (Fsp3) is 0.588. The molecular formula is C17H23FN2O. The Balaban J connectivity index is 1.52. The second-order valence-electron chi connectivity index (χ2n) is 6.23. The van der Waals surface area contributed by atoms with E-state index in [2.05, 4.69) is 9.80 Å². The maximum Gasteiger partial charge on any atom is 0.227 e. The van der Waals surface area contributed by atoms with Crippen LogP contribution in [-0.2, 0) is 11.3 Å². The molecule has 3 rings (SSSR count). The van der Waals surface area contributed by atoms with E-state index >= 15 is 0 Å². The fourth-order valence-corrected chi connectivity index (χ4v) is 3.40. The first-order valence-corrected chi connectivity index (χ1v) is 7.98. The quantitative estimate of drug-likeness (QED) is 0.854. The number of likely N-dealkylation sites (tertiary alicyclic amines) is 2. The number of halogens is 1. The molecule has 2 saturated heterocycles. The normalized spacial score (nSPS) is 23.5. The minimum Gasteiger partial charge on any atom is -0.342 e. The van der Waals surface area contributed by atoms with Crippen LogP contribution in [0.5, 0.6) is 0 Å². The van der Waals surface area contributed by atoms with E-state index < -0.39 is 0 Å². The smallest absolute Gasteiger partial charge is 0.227 e. The van der Waals surface area contributed by atoms with E-state index in [1.54, 1.807) is 0 Å². The standard InChI is InChI=1S/C17H23FN2O/c18-16-6-4-14(5-7-16)12-19-11-8-15(13-19)17(21)20-9-2-1-3-10-20/h4-7,15H,1-3,8-13H2. The molecule has 2 aliphatic heterocycles. The highest BCUT2D eigenvalue weighted by Gasteiger charge is 2.31. The maximum atomic E-state index is 12.9. The number of nitrogens with zero attached hydrogens (tertiary/aromatic N) is 2. The monoisotopic (exact) mass is 290 g/mol. The molecule has 2 fully saturated rings. The number of amides is 1. The molecule has 0 radical (unpaired) electrons. The second-order valence-corrected chi connectivity index (χ2v) is 6.23. The summed E-state index contributed by atoms with van der Waals surface area (Å²) in [6.45, 7) is 4.49. The van der Waals surface area contributed by atoms with Crippen LogP contribution in [-0.4, -0.2) is 41.9 Å². The molecule has 1 atom stereocenters. The van der Waals surface area contributed by atoms with Crippen LogP contribution in [0.4, 0.5) is 4.39 Å². The van der Waals surface area contributed by atoms with Gasteiger partial charge in [-0.1, -0.05) is 12.1 Å². The van der Waals surface area contributed by atoms with Crippen molar-refractivity contribution in [3.63, 3.8) is 0 Å². The van der Waals surface area contributed by atoms with Gasteiger partial charge < -0.3 is 4.90 Å². The van der Waals surface area contributed by atoms with Crippen molar-refractivity contribution in [1.82, 2.24) is 9.80 Å². The third-order valence-corrected chi connectivity index (χ3v) is 4.61. The number of hydrogen-bond acceptors (Lipinski definition) is 2. The van der Waals surface area contributed by atoms with Gasteiger partial charge in [-0.2, -0.15) is 0 Å². The summed E-state index contributed by atoms with van der Waals surface area (Å²) in [5, 5.41) is 0.